The van der Waals surface area contributed by atoms with Crippen LogP contribution in [0.15, 0.2) is 34.8 Å². The number of piperidine rings is 1. The molecule has 1 fully saturated rings. The minimum Gasteiger partial charge on any atom is -0.337 e. The number of benzene rings is 1. The maximum Gasteiger partial charge on any atom is 0.272 e. The van der Waals surface area contributed by atoms with Crippen molar-refractivity contribution in [3.63, 3.8) is 0 Å². The Kier molecular flexibility index (Phi) is 4.91. The zero-order chi connectivity index (χ0) is 16.2. The van der Waals surface area contributed by atoms with E-state index in [1.807, 2.05) is 36.1 Å². The van der Waals surface area contributed by atoms with Gasteiger partial charge in [0.1, 0.15) is 5.69 Å². The quantitative estimate of drug-likeness (QED) is 0.884. The third-order valence-electron chi connectivity index (χ3n) is 3.80. The second kappa shape index (κ2) is 7.08. The Morgan fingerprint density at radius 2 is 1.96 bits per heavy atom. The number of hydrogen-bond donors (Lipinski definition) is 1. The number of likely N-dealkylation sites (tertiary alicyclic amines) is 1. The van der Waals surface area contributed by atoms with Gasteiger partial charge in [-0.3, -0.25) is 4.79 Å². The van der Waals surface area contributed by atoms with Gasteiger partial charge >= 0.3 is 0 Å². The highest BCUT2D eigenvalue weighted by atomic mass is 79.9. The van der Waals surface area contributed by atoms with Gasteiger partial charge in [0.25, 0.3) is 5.91 Å². The third-order valence-corrected chi connectivity index (χ3v) is 4.29. The van der Waals surface area contributed by atoms with Gasteiger partial charge in [0, 0.05) is 28.9 Å². The smallest absolute Gasteiger partial charge is 0.272 e. The van der Waals surface area contributed by atoms with E-state index in [1.165, 1.54) is 6.42 Å². The summed E-state index contributed by atoms with van der Waals surface area (Å²) in [5.74, 6) is 0.441. The van der Waals surface area contributed by atoms with Gasteiger partial charge in [-0.1, -0.05) is 22.0 Å². The molecule has 2 heterocycles. The molecule has 1 amide bonds. The minimum atomic E-state index is -0.00695. The van der Waals surface area contributed by atoms with Gasteiger partial charge in [-0.25, -0.2) is 9.97 Å². The van der Waals surface area contributed by atoms with Crippen molar-refractivity contribution < 1.29 is 4.79 Å². The molecule has 3 rings (SSSR count). The molecule has 1 N–H and O–H groups in total. The van der Waals surface area contributed by atoms with E-state index in [1.54, 1.807) is 6.07 Å². The minimum absolute atomic E-state index is 0.00695. The van der Waals surface area contributed by atoms with Gasteiger partial charge in [-0.15, -0.1) is 0 Å². The Morgan fingerprint density at radius 1 is 1.17 bits per heavy atom. The number of rotatable bonds is 3. The first-order valence-corrected chi connectivity index (χ1v) is 8.59. The summed E-state index contributed by atoms with van der Waals surface area (Å²) in [6.07, 6.45) is 3.33. The molecule has 1 aliphatic heterocycles. The van der Waals surface area contributed by atoms with Crippen LogP contribution in [-0.4, -0.2) is 33.9 Å². The molecule has 0 atom stereocenters. The summed E-state index contributed by atoms with van der Waals surface area (Å²) >= 11 is 3.44. The number of halogens is 1. The standard InChI is InChI=1S/C17H19BrN4O/c1-12-10-15(16(23)22-8-3-2-4-9-22)21-17(19-12)20-14-7-5-6-13(18)11-14/h5-7,10-11H,2-4,8-9H2,1H3,(H,19,20,21). The summed E-state index contributed by atoms with van der Waals surface area (Å²) in [6.45, 7) is 3.51. The first-order valence-electron chi connectivity index (χ1n) is 7.79. The van der Waals surface area contributed by atoms with Gasteiger partial charge in [-0.2, -0.15) is 0 Å². The van der Waals surface area contributed by atoms with Gasteiger partial charge in [0.05, 0.1) is 0 Å². The number of carbonyl (C=O) groups excluding carboxylic acids is 1. The van der Waals surface area contributed by atoms with Crippen LogP contribution in [0.3, 0.4) is 0 Å². The number of aromatic nitrogens is 2. The average Bonchev–Trinajstić information content (AvgIpc) is 2.54. The Hall–Kier alpha value is -1.95. The first-order chi connectivity index (χ1) is 11.1. The number of aryl methyl sites for hydroxylation is 1. The van der Waals surface area contributed by atoms with Crippen molar-refractivity contribution in [2.24, 2.45) is 0 Å². The number of carbonyl (C=O) groups is 1. The molecule has 1 saturated heterocycles. The molecule has 1 aromatic heterocycles. The van der Waals surface area contributed by atoms with Crippen molar-refractivity contribution in [1.29, 1.82) is 0 Å². The van der Waals surface area contributed by atoms with Crippen LogP contribution >= 0.6 is 15.9 Å². The molecule has 0 bridgehead atoms. The molecule has 120 valence electrons. The number of nitrogens with one attached hydrogen (secondary N) is 1. The van der Waals surface area contributed by atoms with E-state index < -0.39 is 0 Å². The molecule has 0 saturated carbocycles. The molecule has 1 aromatic carbocycles. The van der Waals surface area contributed by atoms with Gasteiger partial charge in [0.2, 0.25) is 5.95 Å². The van der Waals surface area contributed by atoms with Crippen molar-refractivity contribution >= 4 is 33.5 Å². The normalized spacial score (nSPS) is 14.6. The van der Waals surface area contributed by atoms with Crippen molar-refractivity contribution in [2.45, 2.75) is 26.2 Å². The van der Waals surface area contributed by atoms with Crippen LogP contribution in [0.5, 0.6) is 0 Å². The molecule has 23 heavy (non-hydrogen) atoms. The second-order valence-electron chi connectivity index (χ2n) is 5.71. The van der Waals surface area contributed by atoms with Crippen LogP contribution in [0.4, 0.5) is 11.6 Å². The van der Waals surface area contributed by atoms with E-state index in [-0.39, 0.29) is 5.91 Å². The fourth-order valence-electron chi connectivity index (χ4n) is 2.69. The molecule has 5 nitrogen and oxygen atoms in total. The van der Waals surface area contributed by atoms with Crippen LogP contribution in [0, 0.1) is 6.92 Å². The summed E-state index contributed by atoms with van der Waals surface area (Å²) in [4.78, 5) is 23.3. The summed E-state index contributed by atoms with van der Waals surface area (Å²) < 4.78 is 0.972. The van der Waals surface area contributed by atoms with Crippen LogP contribution < -0.4 is 5.32 Å². The summed E-state index contributed by atoms with van der Waals surface area (Å²) in [7, 11) is 0. The van der Waals surface area contributed by atoms with Crippen LogP contribution in [-0.2, 0) is 0 Å². The van der Waals surface area contributed by atoms with E-state index in [4.69, 9.17) is 0 Å². The number of amides is 1. The van der Waals surface area contributed by atoms with Crippen molar-refractivity contribution in [3.8, 4) is 0 Å². The van der Waals surface area contributed by atoms with Gasteiger partial charge < -0.3 is 10.2 Å². The van der Waals surface area contributed by atoms with Crippen LogP contribution in [0.1, 0.15) is 35.4 Å². The van der Waals surface area contributed by atoms with E-state index in [0.29, 0.717) is 11.6 Å². The van der Waals surface area contributed by atoms with Gasteiger partial charge in [-0.05, 0) is 50.5 Å². The maximum atomic E-state index is 12.6. The van der Waals surface area contributed by atoms with Crippen molar-refractivity contribution in [3.05, 3.63) is 46.2 Å². The van der Waals surface area contributed by atoms with Crippen molar-refractivity contribution in [1.82, 2.24) is 14.9 Å². The Labute approximate surface area is 144 Å². The highest BCUT2D eigenvalue weighted by molar-refractivity contribution is 9.10. The number of anilines is 2. The summed E-state index contributed by atoms with van der Waals surface area (Å²) in [5.41, 5.74) is 2.11. The predicted octanol–water partition coefficient (Wildman–Crippen LogP) is 3.92. The highest BCUT2D eigenvalue weighted by Crippen LogP contribution is 2.19. The van der Waals surface area contributed by atoms with E-state index in [9.17, 15) is 4.79 Å². The SMILES string of the molecule is Cc1cc(C(=O)N2CCCCC2)nc(Nc2cccc(Br)c2)n1. The topological polar surface area (TPSA) is 58.1 Å². The first kappa shape index (κ1) is 15.9. The highest BCUT2D eigenvalue weighted by Gasteiger charge is 2.20. The lowest BCUT2D eigenvalue weighted by Gasteiger charge is -2.26. The molecule has 6 heteroatoms. The maximum absolute atomic E-state index is 12.6. The Bertz CT molecular complexity index is 713. The lowest BCUT2D eigenvalue weighted by Crippen LogP contribution is -2.36. The van der Waals surface area contributed by atoms with E-state index in [2.05, 4.69) is 31.2 Å². The molecule has 2 aromatic rings. The number of nitrogens with zero attached hydrogens (tertiary/aromatic N) is 3. The molecule has 0 radical (unpaired) electrons. The molecule has 1 aliphatic rings. The molecule has 0 unspecified atom stereocenters. The summed E-state index contributed by atoms with van der Waals surface area (Å²) in [5, 5.41) is 3.16. The average molecular weight is 375 g/mol. The molecular weight excluding hydrogens is 356 g/mol. The lowest BCUT2D eigenvalue weighted by atomic mass is 10.1. The predicted molar refractivity (Wildman–Crippen MR) is 93.9 cm³/mol. The zero-order valence-electron chi connectivity index (χ0n) is 13.1. The molecule has 0 aliphatic carbocycles. The Morgan fingerprint density at radius 3 is 2.70 bits per heavy atom. The van der Waals surface area contributed by atoms with Crippen LogP contribution in [0.25, 0.3) is 0 Å². The Balaban J connectivity index is 1.82. The second-order valence-corrected chi connectivity index (χ2v) is 6.62. The fourth-order valence-corrected chi connectivity index (χ4v) is 3.09. The van der Waals surface area contributed by atoms with Crippen molar-refractivity contribution in [2.75, 3.05) is 18.4 Å². The third kappa shape index (κ3) is 4.07. The summed E-state index contributed by atoms with van der Waals surface area (Å²) in [6, 6.07) is 9.51. The zero-order valence-corrected chi connectivity index (χ0v) is 14.6. The molecule has 0 spiro atoms. The molecular formula is C17H19BrN4O. The number of hydrogen-bond acceptors (Lipinski definition) is 4. The van der Waals surface area contributed by atoms with E-state index in [0.717, 1.165) is 41.8 Å². The lowest BCUT2D eigenvalue weighted by molar-refractivity contribution is 0.0718. The van der Waals surface area contributed by atoms with E-state index >= 15 is 0 Å². The monoisotopic (exact) mass is 374 g/mol. The fraction of sp³-hybridized carbons (Fsp3) is 0.353. The van der Waals surface area contributed by atoms with Gasteiger partial charge in [0.15, 0.2) is 0 Å². The largest absolute Gasteiger partial charge is 0.337 e. The van der Waals surface area contributed by atoms with Crippen LogP contribution in [0.2, 0.25) is 0 Å².